The third-order valence-corrected chi connectivity index (χ3v) is 2.52. The van der Waals surface area contributed by atoms with Crippen molar-refractivity contribution in [3.63, 3.8) is 0 Å². The van der Waals surface area contributed by atoms with Gasteiger partial charge in [-0.1, -0.05) is 17.4 Å². The molecule has 8 heteroatoms. The predicted octanol–water partition coefficient (Wildman–Crippen LogP) is 1.65. The molecule has 0 spiro atoms. The summed E-state index contributed by atoms with van der Waals surface area (Å²) in [7, 11) is 0. The number of nitrogen functional groups attached to an aromatic ring is 1. The number of hydrogen-bond acceptors (Lipinski definition) is 5. The van der Waals surface area contributed by atoms with Crippen molar-refractivity contribution < 1.29 is 13.6 Å². The SMILES string of the molecule is Nc1nnc(NC(=O)c2c(F)cccc2F)s1. The molecule has 5 nitrogen and oxygen atoms in total. The minimum absolute atomic E-state index is 0.0788. The highest BCUT2D eigenvalue weighted by Gasteiger charge is 2.18. The van der Waals surface area contributed by atoms with Crippen LogP contribution >= 0.6 is 11.3 Å². The second-order valence-electron chi connectivity index (χ2n) is 3.00. The molecule has 0 saturated carbocycles. The van der Waals surface area contributed by atoms with Crippen LogP contribution < -0.4 is 11.1 Å². The first kappa shape index (κ1) is 11.4. The minimum Gasteiger partial charge on any atom is -0.374 e. The van der Waals surface area contributed by atoms with Gasteiger partial charge in [-0.05, 0) is 12.1 Å². The van der Waals surface area contributed by atoms with Crippen molar-refractivity contribution in [2.24, 2.45) is 0 Å². The number of nitrogens with zero attached hydrogens (tertiary/aromatic N) is 2. The molecule has 0 atom stereocenters. The van der Waals surface area contributed by atoms with Gasteiger partial charge in [0.25, 0.3) is 5.91 Å². The molecule has 0 aliphatic carbocycles. The third-order valence-electron chi connectivity index (χ3n) is 1.85. The molecule has 0 fully saturated rings. The summed E-state index contributed by atoms with van der Waals surface area (Å²) in [6.07, 6.45) is 0. The van der Waals surface area contributed by atoms with Crippen molar-refractivity contribution in [3.8, 4) is 0 Å². The van der Waals surface area contributed by atoms with E-state index in [4.69, 9.17) is 5.73 Å². The van der Waals surface area contributed by atoms with E-state index < -0.39 is 23.1 Å². The number of rotatable bonds is 2. The molecular formula is C9H6F2N4OS. The zero-order valence-electron chi connectivity index (χ0n) is 8.28. The molecule has 88 valence electrons. The number of nitrogens with one attached hydrogen (secondary N) is 1. The van der Waals surface area contributed by atoms with Crippen LogP contribution in [0.2, 0.25) is 0 Å². The van der Waals surface area contributed by atoms with Gasteiger partial charge in [-0.2, -0.15) is 0 Å². The summed E-state index contributed by atoms with van der Waals surface area (Å²) in [6.45, 7) is 0. The number of hydrogen-bond donors (Lipinski definition) is 2. The maximum absolute atomic E-state index is 13.3. The maximum Gasteiger partial charge on any atom is 0.263 e. The Bertz CT molecular complexity index is 552. The Morgan fingerprint density at radius 3 is 2.47 bits per heavy atom. The second-order valence-corrected chi connectivity index (χ2v) is 4.01. The third kappa shape index (κ3) is 2.36. The molecule has 0 unspecified atom stereocenters. The highest BCUT2D eigenvalue weighted by atomic mass is 32.1. The largest absolute Gasteiger partial charge is 0.374 e. The molecule has 1 amide bonds. The van der Waals surface area contributed by atoms with Crippen LogP contribution in [-0.2, 0) is 0 Å². The number of amides is 1. The Kier molecular flexibility index (Phi) is 2.96. The number of halogens is 2. The predicted molar refractivity (Wildman–Crippen MR) is 58.6 cm³/mol. The Morgan fingerprint density at radius 1 is 1.29 bits per heavy atom. The van der Waals surface area contributed by atoms with Gasteiger partial charge in [0.05, 0.1) is 0 Å². The van der Waals surface area contributed by atoms with Crippen molar-refractivity contribution in [3.05, 3.63) is 35.4 Å². The van der Waals surface area contributed by atoms with Gasteiger partial charge < -0.3 is 5.73 Å². The Labute approximate surface area is 98.3 Å². The van der Waals surface area contributed by atoms with Gasteiger partial charge >= 0.3 is 0 Å². The van der Waals surface area contributed by atoms with Gasteiger partial charge in [0.2, 0.25) is 10.3 Å². The molecule has 0 radical (unpaired) electrons. The number of carbonyl (C=O) groups is 1. The highest BCUT2D eigenvalue weighted by Crippen LogP contribution is 2.19. The standard InChI is InChI=1S/C9H6F2N4OS/c10-4-2-1-3-5(11)6(4)7(16)13-9-15-14-8(12)17-9/h1-3H,(H2,12,14)(H,13,15,16). The molecule has 0 bridgehead atoms. The molecular weight excluding hydrogens is 250 g/mol. The van der Waals surface area contributed by atoms with Crippen molar-refractivity contribution in [2.45, 2.75) is 0 Å². The summed E-state index contributed by atoms with van der Waals surface area (Å²) in [5.41, 5.74) is 4.63. The van der Waals surface area contributed by atoms with Crippen LogP contribution in [0.25, 0.3) is 0 Å². The normalized spacial score (nSPS) is 10.2. The van der Waals surface area contributed by atoms with E-state index in [9.17, 15) is 13.6 Å². The van der Waals surface area contributed by atoms with Gasteiger partial charge in [0.1, 0.15) is 17.2 Å². The van der Waals surface area contributed by atoms with Crippen LogP contribution in [0.4, 0.5) is 19.0 Å². The van der Waals surface area contributed by atoms with E-state index in [-0.39, 0.29) is 10.3 Å². The first-order valence-electron chi connectivity index (χ1n) is 4.42. The smallest absolute Gasteiger partial charge is 0.263 e. The minimum atomic E-state index is -0.944. The number of benzene rings is 1. The Hall–Kier alpha value is -2.09. The van der Waals surface area contributed by atoms with Crippen molar-refractivity contribution in [1.82, 2.24) is 10.2 Å². The van der Waals surface area contributed by atoms with Crippen molar-refractivity contribution in [1.29, 1.82) is 0 Å². The number of anilines is 2. The Balaban J connectivity index is 2.26. The van der Waals surface area contributed by atoms with Gasteiger partial charge in [0.15, 0.2) is 0 Å². The average molecular weight is 256 g/mol. The lowest BCUT2D eigenvalue weighted by Crippen LogP contribution is -2.15. The first-order valence-corrected chi connectivity index (χ1v) is 5.24. The summed E-state index contributed by atoms with van der Waals surface area (Å²) in [4.78, 5) is 11.6. The summed E-state index contributed by atoms with van der Waals surface area (Å²) in [5, 5.41) is 9.39. The summed E-state index contributed by atoms with van der Waals surface area (Å²) in [6, 6.07) is 3.16. The van der Waals surface area contributed by atoms with E-state index in [1.165, 1.54) is 6.07 Å². The fourth-order valence-corrected chi connectivity index (χ4v) is 1.66. The quantitative estimate of drug-likeness (QED) is 0.856. The van der Waals surface area contributed by atoms with Gasteiger partial charge in [-0.3, -0.25) is 10.1 Å². The van der Waals surface area contributed by atoms with Crippen molar-refractivity contribution >= 4 is 27.5 Å². The summed E-state index contributed by atoms with van der Waals surface area (Å²) >= 11 is 0.901. The van der Waals surface area contributed by atoms with Crippen LogP contribution in [0.3, 0.4) is 0 Å². The van der Waals surface area contributed by atoms with E-state index >= 15 is 0 Å². The van der Waals surface area contributed by atoms with E-state index in [0.29, 0.717) is 0 Å². The lowest BCUT2D eigenvalue weighted by atomic mass is 10.2. The van der Waals surface area contributed by atoms with E-state index in [2.05, 4.69) is 15.5 Å². The maximum atomic E-state index is 13.3. The van der Waals surface area contributed by atoms with Crippen LogP contribution in [0.5, 0.6) is 0 Å². The first-order chi connectivity index (χ1) is 8.08. The molecule has 2 aromatic rings. The number of carbonyl (C=O) groups excluding carboxylic acids is 1. The molecule has 1 aromatic heterocycles. The van der Waals surface area contributed by atoms with Gasteiger partial charge in [-0.25, -0.2) is 8.78 Å². The molecule has 17 heavy (non-hydrogen) atoms. The molecule has 0 aliphatic rings. The van der Waals surface area contributed by atoms with Gasteiger partial charge in [0, 0.05) is 0 Å². The lowest BCUT2D eigenvalue weighted by molar-refractivity contribution is 0.101. The molecule has 2 rings (SSSR count). The molecule has 3 N–H and O–H groups in total. The lowest BCUT2D eigenvalue weighted by Gasteiger charge is -2.03. The Morgan fingerprint density at radius 2 is 1.94 bits per heavy atom. The monoisotopic (exact) mass is 256 g/mol. The summed E-state index contributed by atoms with van der Waals surface area (Å²) in [5.74, 6) is -2.82. The van der Waals surface area contributed by atoms with Crippen LogP contribution in [0.1, 0.15) is 10.4 Å². The average Bonchev–Trinajstić information content (AvgIpc) is 2.63. The van der Waals surface area contributed by atoms with Crippen LogP contribution in [0, 0.1) is 11.6 Å². The van der Waals surface area contributed by atoms with Crippen LogP contribution in [-0.4, -0.2) is 16.1 Å². The number of aromatic nitrogens is 2. The zero-order chi connectivity index (χ0) is 12.4. The topological polar surface area (TPSA) is 80.9 Å². The fourth-order valence-electron chi connectivity index (χ4n) is 1.16. The zero-order valence-corrected chi connectivity index (χ0v) is 9.09. The number of nitrogens with two attached hydrogens (primary N) is 1. The van der Waals surface area contributed by atoms with Crippen molar-refractivity contribution in [2.75, 3.05) is 11.1 Å². The van der Waals surface area contributed by atoms with E-state index in [1.54, 1.807) is 0 Å². The fraction of sp³-hybridized carbons (Fsp3) is 0. The summed E-state index contributed by atoms with van der Waals surface area (Å²) < 4.78 is 26.5. The molecule has 1 aromatic carbocycles. The van der Waals surface area contributed by atoms with Gasteiger partial charge in [-0.15, -0.1) is 10.2 Å². The second kappa shape index (κ2) is 4.42. The molecule has 0 aliphatic heterocycles. The molecule has 0 saturated heterocycles. The molecule has 1 heterocycles. The van der Waals surface area contributed by atoms with E-state index in [0.717, 1.165) is 23.5 Å². The van der Waals surface area contributed by atoms with Crippen LogP contribution in [0.15, 0.2) is 18.2 Å². The van der Waals surface area contributed by atoms with E-state index in [1.807, 2.05) is 0 Å². The highest BCUT2D eigenvalue weighted by molar-refractivity contribution is 7.19.